The average molecular weight is 369 g/mol. The van der Waals surface area contributed by atoms with Crippen molar-refractivity contribution in [3.63, 3.8) is 0 Å². The number of nitrogens with one attached hydrogen (secondary N) is 2. The Balaban J connectivity index is 2.20. The molecule has 0 spiro atoms. The van der Waals surface area contributed by atoms with Crippen LogP contribution in [0.5, 0.6) is 0 Å². The highest BCUT2D eigenvalue weighted by Crippen LogP contribution is 2.23. The van der Waals surface area contributed by atoms with Crippen LogP contribution in [-0.4, -0.2) is 17.4 Å². The lowest BCUT2D eigenvalue weighted by molar-refractivity contribution is 0.102. The minimum atomic E-state index is -0.341. The van der Waals surface area contributed by atoms with Gasteiger partial charge >= 0.3 is 0 Å². The number of nitrogens with zero attached hydrogens (tertiary/aromatic N) is 1. The van der Waals surface area contributed by atoms with Gasteiger partial charge in [0.1, 0.15) is 11.5 Å². The van der Waals surface area contributed by atoms with E-state index in [9.17, 15) is 4.79 Å². The molecule has 2 aromatic rings. The number of benzene rings is 1. The first-order valence-corrected chi connectivity index (χ1v) is 7.75. The van der Waals surface area contributed by atoms with Crippen molar-refractivity contribution in [1.82, 2.24) is 4.98 Å². The molecule has 4 nitrogen and oxygen atoms in total. The van der Waals surface area contributed by atoms with E-state index in [1.807, 2.05) is 18.2 Å². The Labute approximate surface area is 137 Å². The van der Waals surface area contributed by atoms with Gasteiger partial charge in [-0.2, -0.15) is 0 Å². The largest absolute Gasteiger partial charge is 0.370 e. The predicted molar refractivity (Wildman–Crippen MR) is 90.1 cm³/mol. The molecule has 2 N–H and O–H groups in total. The van der Waals surface area contributed by atoms with E-state index < -0.39 is 0 Å². The standard InChI is InChI=1S/C15H15BrClN3O/c1-2-9-18-13-8-7-11(17)14(20-13)15(21)19-12-6-4-3-5-10(12)16/h3-8H,2,9H2,1H3,(H,18,20)(H,19,21). The molecule has 1 heterocycles. The first kappa shape index (κ1) is 15.8. The second-order valence-corrected chi connectivity index (χ2v) is 5.65. The molecule has 2 rings (SSSR count). The van der Waals surface area contributed by atoms with E-state index in [0.29, 0.717) is 16.5 Å². The molecule has 6 heteroatoms. The van der Waals surface area contributed by atoms with Crippen molar-refractivity contribution in [2.24, 2.45) is 0 Å². The van der Waals surface area contributed by atoms with Crippen molar-refractivity contribution in [1.29, 1.82) is 0 Å². The number of halogens is 2. The fourth-order valence-corrected chi connectivity index (χ4v) is 2.27. The fraction of sp³-hybridized carbons (Fsp3) is 0.200. The molecule has 0 unspecified atom stereocenters. The zero-order valence-electron chi connectivity index (χ0n) is 11.5. The van der Waals surface area contributed by atoms with Gasteiger partial charge in [-0.15, -0.1) is 0 Å². The molecule has 0 saturated carbocycles. The van der Waals surface area contributed by atoms with Crippen LogP contribution < -0.4 is 10.6 Å². The molecule has 110 valence electrons. The van der Waals surface area contributed by atoms with Crippen LogP contribution in [0.25, 0.3) is 0 Å². The summed E-state index contributed by atoms with van der Waals surface area (Å²) in [6, 6.07) is 10.8. The van der Waals surface area contributed by atoms with Crippen LogP contribution >= 0.6 is 27.5 Å². The third kappa shape index (κ3) is 4.19. The van der Waals surface area contributed by atoms with Gasteiger partial charge in [0.15, 0.2) is 0 Å². The second-order valence-electron chi connectivity index (χ2n) is 4.39. The summed E-state index contributed by atoms with van der Waals surface area (Å²) < 4.78 is 0.801. The van der Waals surface area contributed by atoms with Crippen molar-refractivity contribution >= 4 is 44.9 Å². The van der Waals surface area contributed by atoms with E-state index in [1.54, 1.807) is 18.2 Å². The van der Waals surface area contributed by atoms with Crippen molar-refractivity contribution in [2.45, 2.75) is 13.3 Å². The van der Waals surface area contributed by atoms with Gasteiger partial charge in [-0.3, -0.25) is 4.79 Å². The molecule has 0 radical (unpaired) electrons. The van der Waals surface area contributed by atoms with Crippen molar-refractivity contribution in [3.8, 4) is 0 Å². The van der Waals surface area contributed by atoms with E-state index in [0.717, 1.165) is 17.4 Å². The number of para-hydroxylation sites is 1. The maximum atomic E-state index is 12.3. The van der Waals surface area contributed by atoms with E-state index in [-0.39, 0.29) is 11.6 Å². The molecule has 0 bridgehead atoms. The summed E-state index contributed by atoms with van der Waals surface area (Å²) >= 11 is 9.45. The van der Waals surface area contributed by atoms with Crippen LogP contribution in [0, 0.1) is 0 Å². The zero-order chi connectivity index (χ0) is 15.2. The minimum absolute atomic E-state index is 0.202. The second kappa shape index (κ2) is 7.43. The molecule has 0 aliphatic rings. The Morgan fingerprint density at radius 1 is 1.29 bits per heavy atom. The van der Waals surface area contributed by atoms with Gasteiger partial charge in [-0.1, -0.05) is 30.7 Å². The number of amides is 1. The summed E-state index contributed by atoms with van der Waals surface area (Å²) in [5, 5.41) is 6.24. The van der Waals surface area contributed by atoms with Crippen LogP contribution in [0.4, 0.5) is 11.5 Å². The zero-order valence-corrected chi connectivity index (χ0v) is 13.8. The third-order valence-electron chi connectivity index (χ3n) is 2.74. The first-order valence-electron chi connectivity index (χ1n) is 6.58. The molecule has 0 aliphatic heterocycles. The maximum absolute atomic E-state index is 12.3. The molecule has 0 aliphatic carbocycles. The van der Waals surface area contributed by atoms with Gasteiger partial charge in [-0.05, 0) is 46.6 Å². The van der Waals surface area contributed by atoms with Crippen molar-refractivity contribution < 1.29 is 4.79 Å². The summed E-state index contributed by atoms with van der Waals surface area (Å²) in [5.41, 5.74) is 0.876. The minimum Gasteiger partial charge on any atom is -0.370 e. The maximum Gasteiger partial charge on any atom is 0.275 e. The number of rotatable bonds is 5. The molecule has 0 saturated heterocycles. The Morgan fingerprint density at radius 2 is 2.05 bits per heavy atom. The highest BCUT2D eigenvalue weighted by molar-refractivity contribution is 9.10. The van der Waals surface area contributed by atoms with Gasteiger partial charge in [0.2, 0.25) is 0 Å². The van der Waals surface area contributed by atoms with Gasteiger partial charge in [0, 0.05) is 11.0 Å². The number of carbonyl (C=O) groups is 1. The fourth-order valence-electron chi connectivity index (χ4n) is 1.70. The van der Waals surface area contributed by atoms with Crippen molar-refractivity contribution in [3.05, 3.63) is 51.6 Å². The molecular formula is C15H15BrClN3O. The topological polar surface area (TPSA) is 54.0 Å². The van der Waals surface area contributed by atoms with Crippen LogP contribution in [0.2, 0.25) is 5.02 Å². The molecule has 1 aromatic heterocycles. The number of hydrogen-bond donors (Lipinski definition) is 2. The van der Waals surface area contributed by atoms with Gasteiger partial charge < -0.3 is 10.6 Å². The van der Waals surface area contributed by atoms with Gasteiger partial charge in [0.25, 0.3) is 5.91 Å². The quantitative estimate of drug-likeness (QED) is 0.812. The lowest BCUT2D eigenvalue weighted by Gasteiger charge is -2.10. The smallest absolute Gasteiger partial charge is 0.275 e. The lowest BCUT2D eigenvalue weighted by atomic mass is 10.3. The van der Waals surface area contributed by atoms with Crippen LogP contribution in [0.15, 0.2) is 40.9 Å². The Hall–Kier alpha value is -1.59. The highest BCUT2D eigenvalue weighted by Gasteiger charge is 2.14. The predicted octanol–water partition coefficient (Wildman–Crippen LogP) is 4.57. The number of hydrogen-bond acceptors (Lipinski definition) is 3. The third-order valence-corrected chi connectivity index (χ3v) is 3.74. The molecular weight excluding hydrogens is 354 g/mol. The molecule has 1 aromatic carbocycles. The lowest BCUT2D eigenvalue weighted by Crippen LogP contribution is -2.16. The number of carbonyl (C=O) groups excluding carboxylic acids is 1. The summed E-state index contributed by atoms with van der Waals surface area (Å²) in [6.07, 6.45) is 0.975. The van der Waals surface area contributed by atoms with E-state index in [2.05, 4.69) is 38.5 Å². The molecule has 1 amide bonds. The molecule has 21 heavy (non-hydrogen) atoms. The van der Waals surface area contributed by atoms with E-state index in [1.165, 1.54) is 0 Å². The number of aromatic nitrogens is 1. The Bertz CT molecular complexity index is 649. The summed E-state index contributed by atoms with van der Waals surface area (Å²) in [5.74, 6) is 0.297. The summed E-state index contributed by atoms with van der Waals surface area (Å²) in [6.45, 7) is 2.85. The van der Waals surface area contributed by atoms with Gasteiger partial charge in [0.05, 0.1) is 10.7 Å². The number of pyridine rings is 1. The normalized spacial score (nSPS) is 10.2. The van der Waals surface area contributed by atoms with Crippen LogP contribution in [0.3, 0.4) is 0 Å². The average Bonchev–Trinajstić information content (AvgIpc) is 2.48. The van der Waals surface area contributed by atoms with Crippen LogP contribution in [0.1, 0.15) is 23.8 Å². The summed E-state index contributed by atoms with van der Waals surface area (Å²) in [7, 11) is 0. The molecule has 0 fully saturated rings. The monoisotopic (exact) mass is 367 g/mol. The van der Waals surface area contributed by atoms with Crippen LogP contribution in [-0.2, 0) is 0 Å². The SMILES string of the molecule is CCCNc1ccc(Cl)c(C(=O)Nc2ccccc2Br)n1. The highest BCUT2D eigenvalue weighted by atomic mass is 79.9. The molecule has 0 atom stereocenters. The van der Waals surface area contributed by atoms with E-state index in [4.69, 9.17) is 11.6 Å². The Morgan fingerprint density at radius 3 is 2.76 bits per heavy atom. The number of anilines is 2. The van der Waals surface area contributed by atoms with E-state index >= 15 is 0 Å². The van der Waals surface area contributed by atoms with Crippen molar-refractivity contribution in [2.75, 3.05) is 17.2 Å². The Kier molecular flexibility index (Phi) is 5.59. The first-order chi connectivity index (χ1) is 10.1. The van der Waals surface area contributed by atoms with Gasteiger partial charge in [-0.25, -0.2) is 4.98 Å². The summed E-state index contributed by atoms with van der Waals surface area (Å²) in [4.78, 5) is 16.6.